The van der Waals surface area contributed by atoms with Crippen LogP contribution in [0.3, 0.4) is 0 Å². The molecule has 0 spiro atoms. The molecule has 2 aromatic rings. The fourth-order valence-electron chi connectivity index (χ4n) is 4.70. The highest BCUT2D eigenvalue weighted by Gasteiger charge is 2.33. The number of nitrogens with zero attached hydrogens (tertiary/aromatic N) is 2. The molecule has 0 aromatic heterocycles. The maximum absolute atomic E-state index is 13.8. The Morgan fingerprint density at radius 2 is 1.67 bits per heavy atom. The van der Waals surface area contributed by atoms with E-state index in [4.69, 9.17) is 9.47 Å². The molecule has 1 N–H and O–H groups in total. The number of hydrogen-bond donors (Lipinski definition) is 1. The summed E-state index contributed by atoms with van der Waals surface area (Å²) in [7, 11) is 0. The van der Waals surface area contributed by atoms with E-state index in [1.807, 2.05) is 6.07 Å². The van der Waals surface area contributed by atoms with Gasteiger partial charge in [0, 0.05) is 26.2 Å². The molecule has 4 rings (SSSR count). The normalized spacial score (nSPS) is 19.3. The molecule has 2 aliphatic rings. The summed E-state index contributed by atoms with van der Waals surface area (Å²) < 4.78 is 25.3. The highest BCUT2D eigenvalue weighted by atomic mass is 19.1. The first-order valence-corrected chi connectivity index (χ1v) is 12.4. The Labute approximate surface area is 197 Å². The number of aliphatic hydroxyl groups is 1. The van der Waals surface area contributed by atoms with E-state index in [0.29, 0.717) is 12.8 Å². The lowest BCUT2D eigenvalue weighted by atomic mass is 9.92. The van der Waals surface area contributed by atoms with Crippen LogP contribution in [0, 0.1) is 5.82 Å². The number of para-hydroxylation sites is 1. The number of benzene rings is 2. The molecule has 180 valence electrons. The maximum atomic E-state index is 13.8. The predicted molar refractivity (Wildman–Crippen MR) is 128 cm³/mol. The molecule has 2 fully saturated rings. The van der Waals surface area contributed by atoms with Crippen LogP contribution in [0.1, 0.15) is 44.1 Å². The first kappa shape index (κ1) is 24.0. The molecule has 0 amide bonds. The Bertz CT molecular complexity index is 864. The second-order valence-electron chi connectivity index (χ2n) is 9.47. The Kier molecular flexibility index (Phi) is 8.59. The van der Waals surface area contributed by atoms with E-state index in [9.17, 15) is 9.50 Å². The fourth-order valence-corrected chi connectivity index (χ4v) is 4.70. The van der Waals surface area contributed by atoms with Gasteiger partial charge in [0.1, 0.15) is 18.0 Å². The van der Waals surface area contributed by atoms with Crippen LogP contribution in [0.25, 0.3) is 0 Å². The average Bonchev–Trinajstić information content (AvgIpc) is 2.84. The highest BCUT2D eigenvalue weighted by molar-refractivity contribution is 5.28. The van der Waals surface area contributed by atoms with Crippen molar-refractivity contribution in [2.24, 2.45) is 0 Å². The Hall–Kier alpha value is -2.15. The summed E-state index contributed by atoms with van der Waals surface area (Å²) in [6.07, 6.45) is 6.30. The SMILES string of the molecule is OC1(COc2ccccc2F)CCN(Cc2cccc(OCCCN3CCCCC3)c2)CC1. The van der Waals surface area contributed by atoms with Crippen molar-refractivity contribution in [3.05, 3.63) is 59.9 Å². The number of piperidine rings is 2. The van der Waals surface area contributed by atoms with Crippen molar-refractivity contribution in [3.63, 3.8) is 0 Å². The number of rotatable bonds is 10. The van der Waals surface area contributed by atoms with Crippen molar-refractivity contribution in [2.45, 2.75) is 50.7 Å². The molecule has 2 heterocycles. The van der Waals surface area contributed by atoms with Gasteiger partial charge in [0.25, 0.3) is 0 Å². The van der Waals surface area contributed by atoms with E-state index in [-0.39, 0.29) is 12.4 Å². The second kappa shape index (κ2) is 11.8. The van der Waals surface area contributed by atoms with Crippen LogP contribution in [0.15, 0.2) is 48.5 Å². The number of ether oxygens (including phenoxy) is 2. The molecular formula is C27H37FN2O3. The zero-order chi connectivity index (χ0) is 22.9. The largest absolute Gasteiger partial charge is 0.494 e. The molecule has 2 aliphatic heterocycles. The summed E-state index contributed by atoms with van der Waals surface area (Å²) in [5, 5.41) is 10.9. The summed E-state index contributed by atoms with van der Waals surface area (Å²) in [6, 6.07) is 14.7. The van der Waals surface area contributed by atoms with Crippen LogP contribution < -0.4 is 9.47 Å². The van der Waals surface area contributed by atoms with Gasteiger partial charge in [-0.05, 0) is 75.0 Å². The summed E-state index contributed by atoms with van der Waals surface area (Å²) in [4.78, 5) is 4.88. The van der Waals surface area contributed by atoms with Crippen LogP contribution >= 0.6 is 0 Å². The van der Waals surface area contributed by atoms with Gasteiger partial charge in [0.2, 0.25) is 0 Å². The van der Waals surface area contributed by atoms with Crippen molar-refractivity contribution in [1.29, 1.82) is 0 Å². The molecule has 6 heteroatoms. The van der Waals surface area contributed by atoms with Crippen LogP contribution in [0.5, 0.6) is 11.5 Å². The third-order valence-electron chi connectivity index (χ3n) is 6.76. The van der Waals surface area contributed by atoms with Gasteiger partial charge < -0.3 is 19.5 Å². The van der Waals surface area contributed by atoms with E-state index in [1.165, 1.54) is 44.0 Å². The van der Waals surface area contributed by atoms with Crippen molar-refractivity contribution in [2.75, 3.05) is 45.9 Å². The molecule has 33 heavy (non-hydrogen) atoms. The van der Waals surface area contributed by atoms with Crippen molar-refractivity contribution in [3.8, 4) is 11.5 Å². The molecule has 5 nitrogen and oxygen atoms in total. The predicted octanol–water partition coefficient (Wildman–Crippen LogP) is 4.49. The van der Waals surface area contributed by atoms with Gasteiger partial charge in [-0.15, -0.1) is 0 Å². The average molecular weight is 457 g/mol. The molecular weight excluding hydrogens is 419 g/mol. The Balaban J connectivity index is 1.18. The van der Waals surface area contributed by atoms with Gasteiger partial charge in [0.15, 0.2) is 11.6 Å². The molecule has 0 aliphatic carbocycles. The lowest BCUT2D eigenvalue weighted by Gasteiger charge is -2.38. The third kappa shape index (κ3) is 7.42. The Morgan fingerprint density at radius 1 is 0.879 bits per heavy atom. The third-order valence-corrected chi connectivity index (χ3v) is 6.76. The molecule has 2 saturated heterocycles. The van der Waals surface area contributed by atoms with Gasteiger partial charge in [0.05, 0.1) is 6.61 Å². The molecule has 2 aromatic carbocycles. The Morgan fingerprint density at radius 3 is 2.45 bits per heavy atom. The quantitative estimate of drug-likeness (QED) is 0.534. The first-order valence-electron chi connectivity index (χ1n) is 12.4. The first-order chi connectivity index (χ1) is 16.1. The van der Waals surface area contributed by atoms with Gasteiger partial charge >= 0.3 is 0 Å². The van der Waals surface area contributed by atoms with Crippen LogP contribution in [-0.4, -0.2) is 66.4 Å². The van der Waals surface area contributed by atoms with Crippen LogP contribution in [0.4, 0.5) is 4.39 Å². The van der Waals surface area contributed by atoms with Crippen LogP contribution in [-0.2, 0) is 6.54 Å². The van der Waals surface area contributed by atoms with E-state index in [2.05, 4.69) is 28.0 Å². The molecule has 0 atom stereocenters. The molecule has 0 bridgehead atoms. The van der Waals surface area contributed by atoms with E-state index >= 15 is 0 Å². The maximum Gasteiger partial charge on any atom is 0.165 e. The van der Waals surface area contributed by atoms with E-state index < -0.39 is 11.4 Å². The van der Waals surface area contributed by atoms with E-state index in [0.717, 1.165) is 45.0 Å². The minimum Gasteiger partial charge on any atom is -0.494 e. The molecule has 0 saturated carbocycles. The topological polar surface area (TPSA) is 45.2 Å². The smallest absolute Gasteiger partial charge is 0.165 e. The lowest BCUT2D eigenvalue weighted by Crippen LogP contribution is -2.47. The highest BCUT2D eigenvalue weighted by Crippen LogP contribution is 2.26. The minimum absolute atomic E-state index is 0.114. The lowest BCUT2D eigenvalue weighted by molar-refractivity contribution is -0.0543. The molecule has 0 radical (unpaired) electrons. The summed E-state index contributed by atoms with van der Waals surface area (Å²) in [5.74, 6) is 0.728. The van der Waals surface area contributed by atoms with Gasteiger partial charge in [-0.3, -0.25) is 4.90 Å². The zero-order valence-electron chi connectivity index (χ0n) is 19.6. The van der Waals surface area contributed by atoms with Gasteiger partial charge in [-0.2, -0.15) is 0 Å². The zero-order valence-corrected chi connectivity index (χ0v) is 19.6. The second-order valence-corrected chi connectivity index (χ2v) is 9.47. The minimum atomic E-state index is -0.919. The monoisotopic (exact) mass is 456 g/mol. The van der Waals surface area contributed by atoms with Crippen LogP contribution in [0.2, 0.25) is 0 Å². The molecule has 0 unspecified atom stereocenters. The van der Waals surface area contributed by atoms with E-state index in [1.54, 1.807) is 18.2 Å². The van der Waals surface area contributed by atoms with Crippen molar-refractivity contribution < 1.29 is 19.0 Å². The number of halogens is 1. The van der Waals surface area contributed by atoms with Gasteiger partial charge in [-0.1, -0.05) is 30.7 Å². The summed E-state index contributed by atoms with van der Waals surface area (Å²) in [5.41, 5.74) is 0.300. The van der Waals surface area contributed by atoms with Gasteiger partial charge in [-0.25, -0.2) is 4.39 Å². The van der Waals surface area contributed by atoms with Crippen molar-refractivity contribution in [1.82, 2.24) is 9.80 Å². The number of likely N-dealkylation sites (tertiary alicyclic amines) is 2. The number of hydrogen-bond acceptors (Lipinski definition) is 5. The summed E-state index contributed by atoms with van der Waals surface area (Å²) >= 11 is 0. The fraction of sp³-hybridized carbons (Fsp3) is 0.556. The summed E-state index contributed by atoms with van der Waals surface area (Å²) in [6.45, 7) is 6.83. The standard InChI is InChI=1S/C27H37FN2O3/c28-25-10-2-3-11-26(25)33-22-27(31)12-17-30(18-13-27)21-23-8-6-9-24(20-23)32-19-7-16-29-14-4-1-5-15-29/h2-3,6,8-11,20,31H,1,4-5,7,12-19,21-22H2. The van der Waals surface area contributed by atoms with Crippen molar-refractivity contribution >= 4 is 0 Å².